The molecule has 0 bridgehead atoms. The Morgan fingerprint density at radius 3 is 1.38 bits per heavy atom. The lowest BCUT2D eigenvalue weighted by Crippen LogP contribution is -2.33. The topological polar surface area (TPSA) is 0 Å². The van der Waals surface area contributed by atoms with Gasteiger partial charge < -0.3 is 0 Å². The summed E-state index contributed by atoms with van der Waals surface area (Å²) in [4.78, 5) is 0. The summed E-state index contributed by atoms with van der Waals surface area (Å²) in [6.45, 7) is 14.2. The molecular formula is C52H68S. The Morgan fingerprint density at radius 2 is 0.906 bits per heavy atom. The zero-order valence-corrected chi connectivity index (χ0v) is 35.1. The zero-order valence-electron chi connectivity index (χ0n) is 34.3. The van der Waals surface area contributed by atoms with Crippen molar-refractivity contribution < 1.29 is 0 Å². The van der Waals surface area contributed by atoms with Gasteiger partial charge in [0.05, 0.1) is 0 Å². The summed E-state index contributed by atoms with van der Waals surface area (Å²) in [6, 6.07) is 24.7. The summed E-state index contributed by atoms with van der Waals surface area (Å²) >= 11 is 2.09. The minimum Gasteiger partial charge on any atom is -0.134 e. The van der Waals surface area contributed by atoms with Crippen LogP contribution in [0.2, 0.25) is 0 Å². The fraction of sp³-hybridized carbons (Fsp3) is 0.538. The molecule has 0 amide bonds. The first kappa shape index (κ1) is 38.4. The lowest BCUT2D eigenvalue weighted by atomic mass is 9.62. The molecule has 0 saturated carbocycles. The van der Waals surface area contributed by atoms with Crippen LogP contribution in [0.1, 0.15) is 189 Å². The maximum atomic E-state index is 2.66. The largest absolute Gasteiger partial charge is 0.134 e. The Hall–Kier alpha value is -2.90. The summed E-state index contributed by atoms with van der Waals surface area (Å²) in [5.41, 5.74) is 16.3. The number of hydrogen-bond acceptors (Lipinski definition) is 1. The second-order valence-electron chi connectivity index (χ2n) is 17.3. The number of fused-ring (bicyclic) bond motifs is 12. The Labute approximate surface area is 327 Å². The van der Waals surface area contributed by atoms with Gasteiger partial charge in [-0.2, -0.15) is 0 Å². The smallest absolute Gasteiger partial charge is 0.0443 e. The standard InChI is InChI=1S/C52H68S/c1-7-11-15-21-31-51(32-22-16-12-8-2)42-35-37(5)27-29-39(42)45-46-41-25-19-20-26-44(41)53-50(46)47-40-30-28-38(6)36-43(40)52(49(47)48(45)51,33-23-17-13-9-3)34-24-18-14-10-4/h19-20,25-30,35-36H,7-18,21-24,31-34H2,1-6H3. The van der Waals surface area contributed by atoms with Crippen molar-refractivity contribution in [3.63, 3.8) is 0 Å². The number of aryl methyl sites for hydroxylation is 2. The molecule has 0 radical (unpaired) electrons. The molecule has 2 aliphatic rings. The highest BCUT2D eigenvalue weighted by Gasteiger charge is 2.53. The molecule has 1 heteroatoms. The van der Waals surface area contributed by atoms with Crippen LogP contribution >= 0.6 is 11.3 Å². The minimum absolute atomic E-state index is 0.0503. The van der Waals surface area contributed by atoms with Crippen molar-refractivity contribution >= 4 is 31.5 Å². The molecule has 0 fully saturated rings. The number of rotatable bonds is 20. The second kappa shape index (κ2) is 16.9. The third-order valence-corrected chi connectivity index (χ3v) is 14.7. The van der Waals surface area contributed by atoms with Crippen molar-refractivity contribution in [3.8, 4) is 22.3 Å². The van der Waals surface area contributed by atoms with E-state index in [0.717, 1.165) is 0 Å². The third-order valence-electron chi connectivity index (χ3n) is 13.5. The van der Waals surface area contributed by atoms with E-state index in [1.165, 1.54) is 150 Å². The highest BCUT2D eigenvalue weighted by molar-refractivity contribution is 7.26. The predicted octanol–water partition coefficient (Wildman–Crippen LogP) is 17.1. The molecule has 7 rings (SSSR count). The molecule has 0 saturated heterocycles. The van der Waals surface area contributed by atoms with Gasteiger partial charge in [0.2, 0.25) is 0 Å². The predicted molar refractivity (Wildman–Crippen MR) is 236 cm³/mol. The van der Waals surface area contributed by atoms with Crippen LogP contribution < -0.4 is 0 Å². The first-order valence-electron chi connectivity index (χ1n) is 22.2. The summed E-state index contributed by atoms with van der Waals surface area (Å²) in [5.74, 6) is 0. The average Bonchev–Trinajstić information content (AvgIpc) is 3.77. The molecule has 0 atom stereocenters. The van der Waals surface area contributed by atoms with E-state index < -0.39 is 0 Å². The molecule has 0 unspecified atom stereocenters. The molecule has 4 aromatic carbocycles. The van der Waals surface area contributed by atoms with Gasteiger partial charge in [0.15, 0.2) is 0 Å². The first-order valence-corrected chi connectivity index (χ1v) is 23.0. The normalized spacial score (nSPS) is 14.9. The van der Waals surface area contributed by atoms with E-state index in [4.69, 9.17) is 0 Å². The third kappa shape index (κ3) is 6.85. The van der Waals surface area contributed by atoms with E-state index in [1.807, 2.05) is 0 Å². The Balaban J connectivity index is 1.62. The Kier molecular flexibility index (Phi) is 12.2. The van der Waals surface area contributed by atoms with Gasteiger partial charge in [-0.3, -0.25) is 0 Å². The molecule has 0 aliphatic heterocycles. The maximum absolute atomic E-state index is 2.66. The van der Waals surface area contributed by atoms with E-state index in [-0.39, 0.29) is 10.8 Å². The SMILES string of the molecule is CCCCCCC1(CCCCCC)c2cc(C)ccc2-c2c1c1c(c3c2sc2ccccc23)-c2ccc(C)cc2C1(CCCCCC)CCCCCC. The van der Waals surface area contributed by atoms with Crippen molar-refractivity contribution in [2.45, 2.75) is 181 Å². The first-order chi connectivity index (χ1) is 26.0. The molecule has 1 heterocycles. The maximum Gasteiger partial charge on any atom is 0.0443 e. The van der Waals surface area contributed by atoms with E-state index in [2.05, 4.69) is 114 Å². The Bertz CT molecular complexity index is 1990. The lowest BCUT2D eigenvalue weighted by Gasteiger charge is -2.40. The fourth-order valence-corrected chi connectivity index (χ4v) is 12.2. The quantitative estimate of drug-likeness (QED) is 0.0701. The summed E-state index contributed by atoms with van der Waals surface area (Å²) in [5, 5.41) is 3.04. The van der Waals surface area contributed by atoms with Crippen molar-refractivity contribution in [1.29, 1.82) is 0 Å². The summed E-state index contributed by atoms with van der Waals surface area (Å²) in [7, 11) is 0. The molecule has 0 N–H and O–H groups in total. The van der Waals surface area contributed by atoms with Crippen LogP contribution in [0, 0.1) is 13.8 Å². The fourth-order valence-electron chi connectivity index (χ4n) is 11.0. The van der Waals surface area contributed by atoms with Crippen LogP contribution in [0.15, 0.2) is 60.7 Å². The molecule has 282 valence electrons. The zero-order chi connectivity index (χ0) is 37.0. The van der Waals surface area contributed by atoms with Gasteiger partial charge in [-0.25, -0.2) is 0 Å². The molecule has 0 nitrogen and oxygen atoms in total. The van der Waals surface area contributed by atoms with Gasteiger partial charge in [0, 0.05) is 36.6 Å². The van der Waals surface area contributed by atoms with E-state index in [1.54, 1.807) is 54.6 Å². The number of thiophene rings is 1. The van der Waals surface area contributed by atoms with Gasteiger partial charge in [0.25, 0.3) is 0 Å². The molecule has 53 heavy (non-hydrogen) atoms. The number of unbranched alkanes of at least 4 members (excludes halogenated alkanes) is 12. The monoisotopic (exact) mass is 725 g/mol. The Morgan fingerprint density at radius 1 is 0.472 bits per heavy atom. The molecule has 1 aromatic heterocycles. The van der Waals surface area contributed by atoms with Gasteiger partial charge in [-0.15, -0.1) is 11.3 Å². The van der Waals surface area contributed by atoms with Gasteiger partial charge >= 0.3 is 0 Å². The van der Waals surface area contributed by atoms with Crippen LogP contribution in [-0.2, 0) is 10.8 Å². The van der Waals surface area contributed by atoms with Crippen LogP contribution in [0.3, 0.4) is 0 Å². The van der Waals surface area contributed by atoms with Gasteiger partial charge in [-0.1, -0.05) is 196 Å². The average molecular weight is 725 g/mol. The minimum atomic E-state index is 0.0503. The summed E-state index contributed by atoms with van der Waals surface area (Å²) in [6.07, 6.45) is 26.3. The highest BCUT2D eigenvalue weighted by Crippen LogP contribution is 2.67. The second-order valence-corrected chi connectivity index (χ2v) is 18.4. The number of benzene rings is 4. The van der Waals surface area contributed by atoms with Crippen molar-refractivity contribution in [2.75, 3.05) is 0 Å². The van der Waals surface area contributed by atoms with E-state index in [9.17, 15) is 0 Å². The van der Waals surface area contributed by atoms with Gasteiger partial charge in [-0.05, 0) is 84.5 Å². The molecular weight excluding hydrogens is 657 g/mol. The van der Waals surface area contributed by atoms with Crippen LogP contribution in [0.5, 0.6) is 0 Å². The van der Waals surface area contributed by atoms with Crippen molar-refractivity contribution in [3.05, 3.63) is 94.0 Å². The molecule has 0 spiro atoms. The van der Waals surface area contributed by atoms with Crippen LogP contribution in [0.4, 0.5) is 0 Å². The molecule has 2 aliphatic carbocycles. The molecule has 5 aromatic rings. The van der Waals surface area contributed by atoms with Crippen LogP contribution in [-0.4, -0.2) is 0 Å². The van der Waals surface area contributed by atoms with E-state index in [0.29, 0.717) is 0 Å². The van der Waals surface area contributed by atoms with Crippen molar-refractivity contribution in [2.24, 2.45) is 0 Å². The van der Waals surface area contributed by atoms with Crippen LogP contribution in [0.25, 0.3) is 42.4 Å². The lowest BCUT2D eigenvalue weighted by molar-refractivity contribution is 0.370. The van der Waals surface area contributed by atoms with E-state index >= 15 is 0 Å². The summed E-state index contributed by atoms with van der Waals surface area (Å²) < 4.78 is 3.01. The number of hydrogen-bond donors (Lipinski definition) is 0. The highest BCUT2D eigenvalue weighted by atomic mass is 32.1. The van der Waals surface area contributed by atoms with Crippen molar-refractivity contribution in [1.82, 2.24) is 0 Å². The van der Waals surface area contributed by atoms with Gasteiger partial charge in [0.1, 0.15) is 0 Å².